The van der Waals surface area contributed by atoms with Crippen LogP contribution in [0.4, 0.5) is 15.8 Å². The van der Waals surface area contributed by atoms with E-state index in [0.717, 1.165) is 0 Å². The molecule has 0 radical (unpaired) electrons. The molecule has 0 unspecified atom stereocenters. The highest BCUT2D eigenvalue weighted by Crippen LogP contribution is 2.20. The molecule has 1 amide bonds. The first-order valence-electron chi connectivity index (χ1n) is 6.35. The van der Waals surface area contributed by atoms with E-state index in [1.54, 1.807) is 37.6 Å². The van der Waals surface area contributed by atoms with E-state index in [1.165, 1.54) is 17.0 Å². The predicted molar refractivity (Wildman–Crippen MR) is 77.5 cm³/mol. The van der Waals surface area contributed by atoms with E-state index in [1.807, 2.05) is 6.92 Å². The molecule has 0 saturated carbocycles. The number of nitrogens with one attached hydrogen (secondary N) is 1. The molecule has 1 heterocycles. The van der Waals surface area contributed by atoms with Crippen molar-refractivity contribution in [2.75, 3.05) is 23.8 Å². The molecule has 0 aliphatic carbocycles. The summed E-state index contributed by atoms with van der Waals surface area (Å²) in [6.07, 6.45) is 3.17. The average Bonchev–Trinajstić information content (AvgIpc) is 2.47. The number of amides is 1. The first-order valence-corrected chi connectivity index (χ1v) is 6.35. The second kappa shape index (κ2) is 6.14. The molecule has 1 aromatic carbocycles. The van der Waals surface area contributed by atoms with Crippen LogP contribution in [0.5, 0.6) is 0 Å². The quantitative estimate of drug-likeness (QED) is 0.931. The first kappa shape index (κ1) is 14.0. The highest BCUT2D eigenvalue weighted by Gasteiger charge is 2.17. The van der Waals surface area contributed by atoms with E-state index in [4.69, 9.17) is 0 Å². The van der Waals surface area contributed by atoms with Crippen molar-refractivity contribution < 1.29 is 9.18 Å². The summed E-state index contributed by atoms with van der Waals surface area (Å²) in [4.78, 5) is 17.9. The van der Waals surface area contributed by atoms with Crippen LogP contribution in [0.15, 0.2) is 42.7 Å². The van der Waals surface area contributed by atoms with Crippen molar-refractivity contribution in [1.29, 1.82) is 0 Å². The summed E-state index contributed by atoms with van der Waals surface area (Å²) in [6, 6.07) is 7.59. The van der Waals surface area contributed by atoms with Crippen LogP contribution in [-0.4, -0.2) is 24.5 Å². The minimum Gasteiger partial charge on any atom is -0.383 e. The Morgan fingerprint density at radius 3 is 2.90 bits per heavy atom. The molecule has 0 bridgehead atoms. The van der Waals surface area contributed by atoms with Crippen molar-refractivity contribution in [3.05, 3.63) is 54.1 Å². The average molecular weight is 273 g/mol. The number of hydrogen-bond donors (Lipinski definition) is 1. The van der Waals surface area contributed by atoms with Crippen molar-refractivity contribution >= 4 is 17.3 Å². The molecule has 5 heteroatoms. The molecular formula is C15H16FN3O. The highest BCUT2D eigenvalue weighted by atomic mass is 19.1. The van der Waals surface area contributed by atoms with Crippen LogP contribution in [0.25, 0.3) is 0 Å². The van der Waals surface area contributed by atoms with Gasteiger partial charge in [-0.25, -0.2) is 4.39 Å². The second-order valence-corrected chi connectivity index (χ2v) is 4.30. The molecule has 20 heavy (non-hydrogen) atoms. The van der Waals surface area contributed by atoms with Gasteiger partial charge in [0.1, 0.15) is 5.82 Å². The van der Waals surface area contributed by atoms with Gasteiger partial charge in [0.2, 0.25) is 0 Å². The number of hydrogen-bond acceptors (Lipinski definition) is 3. The van der Waals surface area contributed by atoms with Gasteiger partial charge in [-0.1, -0.05) is 6.07 Å². The van der Waals surface area contributed by atoms with Crippen molar-refractivity contribution in [3.8, 4) is 0 Å². The van der Waals surface area contributed by atoms with Gasteiger partial charge in [0.05, 0.1) is 17.4 Å². The predicted octanol–water partition coefficient (Wildman–Crippen LogP) is 2.93. The van der Waals surface area contributed by atoms with E-state index in [2.05, 4.69) is 10.3 Å². The first-order chi connectivity index (χ1) is 9.63. The standard InChI is InChI=1S/C15H16FN3O/c1-3-18-14-10-17-8-7-13(14)15(20)19(2)12-6-4-5-11(16)9-12/h4-10,18H,3H2,1-2H3. The molecule has 2 rings (SSSR count). The number of carbonyl (C=O) groups excluding carboxylic acids is 1. The molecular weight excluding hydrogens is 257 g/mol. The van der Waals surface area contributed by atoms with Crippen molar-refractivity contribution in [3.63, 3.8) is 0 Å². The Morgan fingerprint density at radius 1 is 1.40 bits per heavy atom. The van der Waals surface area contributed by atoms with E-state index >= 15 is 0 Å². The molecule has 0 aliphatic rings. The Bertz CT molecular complexity index is 616. The number of nitrogens with zero attached hydrogens (tertiary/aromatic N) is 2. The van der Waals surface area contributed by atoms with Gasteiger partial charge in [-0.15, -0.1) is 0 Å². The van der Waals surface area contributed by atoms with Gasteiger partial charge >= 0.3 is 0 Å². The summed E-state index contributed by atoms with van der Waals surface area (Å²) in [5, 5.41) is 3.09. The van der Waals surface area contributed by atoms with E-state index in [9.17, 15) is 9.18 Å². The van der Waals surface area contributed by atoms with Crippen molar-refractivity contribution in [1.82, 2.24) is 4.98 Å². The monoisotopic (exact) mass is 273 g/mol. The number of rotatable bonds is 4. The number of benzene rings is 1. The molecule has 0 saturated heterocycles. The van der Waals surface area contributed by atoms with Crippen LogP contribution < -0.4 is 10.2 Å². The van der Waals surface area contributed by atoms with Gasteiger partial charge in [-0.05, 0) is 31.2 Å². The van der Waals surface area contributed by atoms with Crippen molar-refractivity contribution in [2.24, 2.45) is 0 Å². The highest BCUT2D eigenvalue weighted by molar-refractivity contribution is 6.09. The van der Waals surface area contributed by atoms with Gasteiger partial charge in [0, 0.05) is 25.5 Å². The molecule has 0 spiro atoms. The summed E-state index contributed by atoms with van der Waals surface area (Å²) in [5.74, 6) is -0.585. The maximum Gasteiger partial charge on any atom is 0.260 e. The normalized spacial score (nSPS) is 10.2. The summed E-state index contributed by atoms with van der Waals surface area (Å²) in [7, 11) is 1.62. The Labute approximate surface area is 117 Å². The van der Waals surface area contributed by atoms with E-state index < -0.39 is 0 Å². The second-order valence-electron chi connectivity index (χ2n) is 4.30. The SMILES string of the molecule is CCNc1cnccc1C(=O)N(C)c1cccc(F)c1. The Balaban J connectivity index is 2.31. The molecule has 0 fully saturated rings. The molecule has 0 aliphatic heterocycles. The number of aromatic nitrogens is 1. The van der Waals surface area contributed by atoms with Crippen LogP contribution in [0, 0.1) is 5.82 Å². The number of halogens is 1. The van der Waals surface area contributed by atoms with Crippen LogP contribution >= 0.6 is 0 Å². The number of pyridine rings is 1. The third-order valence-corrected chi connectivity index (χ3v) is 2.92. The van der Waals surface area contributed by atoms with Crippen molar-refractivity contribution in [2.45, 2.75) is 6.92 Å². The van der Waals surface area contributed by atoms with Crippen LogP contribution in [0.3, 0.4) is 0 Å². The minimum absolute atomic E-state index is 0.214. The lowest BCUT2D eigenvalue weighted by Crippen LogP contribution is -2.27. The Morgan fingerprint density at radius 2 is 2.20 bits per heavy atom. The summed E-state index contributed by atoms with van der Waals surface area (Å²) in [5.41, 5.74) is 1.69. The molecule has 1 aromatic heterocycles. The number of carbonyl (C=O) groups is 1. The lowest BCUT2D eigenvalue weighted by Gasteiger charge is -2.19. The van der Waals surface area contributed by atoms with Gasteiger partial charge in [0.15, 0.2) is 0 Å². The van der Waals surface area contributed by atoms with Gasteiger partial charge in [-0.3, -0.25) is 9.78 Å². The zero-order valence-corrected chi connectivity index (χ0v) is 11.4. The smallest absolute Gasteiger partial charge is 0.260 e. The number of anilines is 2. The van der Waals surface area contributed by atoms with Gasteiger partial charge in [-0.2, -0.15) is 0 Å². The van der Waals surface area contributed by atoms with Gasteiger partial charge in [0.25, 0.3) is 5.91 Å². The molecule has 2 aromatic rings. The Hall–Kier alpha value is -2.43. The fourth-order valence-electron chi connectivity index (χ4n) is 1.89. The Kier molecular flexibility index (Phi) is 4.30. The maximum absolute atomic E-state index is 13.2. The lowest BCUT2D eigenvalue weighted by atomic mass is 10.2. The van der Waals surface area contributed by atoms with E-state index in [-0.39, 0.29) is 11.7 Å². The fourth-order valence-corrected chi connectivity index (χ4v) is 1.89. The molecule has 4 nitrogen and oxygen atoms in total. The molecule has 104 valence electrons. The zero-order valence-electron chi connectivity index (χ0n) is 11.4. The largest absolute Gasteiger partial charge is 0.383 e. The molecule has 1 N–H and O–H groups in total. The summed E-state index contributed by atoms with van der Waals surface area (Å²) >= 11 is 0. The van der Waals surface area contributed by atoms with Gasteiger partial charge < -0.3 is 10.2 Å². The van der Waals surface area contributed by atoms with E-state index in [0.29, 0.717) is 23.5 Å². The summed E-state index contributed by atoms with van der Waals surface area (Å²) < 4.78 is 13.2. The topological polar surface area (TPSA) is 45.2 Å². The third kappa shape index (κ3) is 2.93. The maximum atomic E-state index is 13.2. The van der Waals surface area contributed by atoms with Crippen LogP contribution in [-0.2, 0) is 0 Å². The minimum atomic E-state index is -0.371. The summed E-state index contributed by atoms with van der Waals surface area (Å²) in [6.45, 7) is 2.63. The fraction of sp³-hybridized carbons (Fsp3) is 0.200. The molecule has 0 atom stereocenters. The third-order valence-electron chi connectivity index (χ3n) is 2.92. The lowest BCUT2D eigenvalue weighted by molar-refractivity contribution is 0.0993. The van der Waals surface area contributed by atoms with Crippen LogP contribution in [0.2, 0.25) is 0 Å². The zero-order chi connectivity index (χ0) is 14.5. The van der Waals surface area contributed by atoms with Crippen LogP contribution in [0.1, 0.15) is 17.3 Å².